The molecule has 0 aromatic carbocycles. The molecule has 3 fully saturated rings. The van der Waals surface area contributed by atoms with Gasteiger partial charge in [0.25, 0.3) is 0 Å². The topological polar surface area (TPSA) is 124 Å². The molecule has 1 aliphatic carbocycles. The van der Waals surface area contributed by atoms with Crippen LogP contribution in [0.2, 0.25) is 0 Å². The van der Waals surface area contributed by atoms with Crippen LogP contribution >= 0.6 is 0 Å². The molecule has 3 N–H and O–H groups in total. The fourth-order valence-corrected chi connectivity index (χ4v) is 7.51. The van der Waals surface area contributed by atoms with E-state index in [1.54, 1.807) is 26.2 Å². The number of allylic oxidation sites excluding steroid dienone is 3. The Balaban J connectivity index is 1.54. The lowest BCUT2D eigenvalue weighted by Gasteiger charge is -2.50. The molecule has 0 saturated carbocycles. The molecule has 0 radical (unpaired) electrons. The molecule has 9 nitrogen and oxygen atoms in total. The molecule has 1 spiro atoms. The third-order valence-corrected chi connectivity index (χ3v) is 10.1. The van der Waals surface area contributed by atoms with Gasteiger partial charge in [0.1, 0.15) is 29.8 Å². The van der Waals surface area contributed by atoms with Gasteiger partial charge in [0.2, 0.25) is 0 Å². The molecular weight excluding hydrogens is 528 g/mol. The van der Waals surface area contributed by atoms with Crippen molar-refractivity contribution in [3.63, 3.8) is 0 Å². The monoisotopic (exact) mass is 576 g/mol. The van der Waals surface area contributed by atoms with Crippen LogP contribution in [-0.4, -0.2) is 88.6 Å². The normalized spacial score (nSPS) is 51.2. The van der Waals surface area contributed by atoms with E-state index < -0.39 is 59.4 Å². The number of carbonyl (C=O) groups excluding carboxylic acids is 1. The van der Waals surface area contributed by atoms with E-state index in [1.807, 2.05) is 32.9 Å². The molecule has 0 amide bonds. The van der Waals surface area contributed by atoms with E-state index in [0.717, 1.165) is 12.0 Å². The molecule has 9 heteroatoms. The molecule has 41 heavy (non-hydrogen) atoms. The summed E-state index contributed by atoms with van der Waals surface area (Å²) in [7, 11) is 1.57. The number of ether oxygens (including phenoxy) is 5. The molecule has 0 aromatic rings. The van der Waals surface area contributed by atoms with Gasteiger partial charge in [-0.2, -0.15) is 0 Å². The molecule has 0 aromatic heterocycles. The van der Waals surface area contributed by atoms with E-state index in [0.29, 0.717) is 37.2 Å². The van der Waals surface area contributed by atoms with Gasteiger partial charge < -0.3 is 39.0 Å². The lowest BCUT2D eigenvalue weighted by molar-refractivity contribution is -0.336. The highest BCUT2D eigenvalue weighted by Gasteiger charge is 2.60. The van der Waals surface area contributed by atoms with Crippen molar-refractivity contribution in [1.82, 2.24) is 0 Å². The van der Waals surface area contributed by atoms with Crippen LogP contribution in [0.3, 0.4) is 0 Å². The molecule has 2 unspecified atom stereocenters. The minimum absolute atomic E-state index is 0.0444. The number of hydrogen-bond acceptors (Lipinski definition) is 9. The number of rotatable bonds is 1. The third-order valence-electron chi connectivity index (χ3n) is 10.1. The van der Waals surface area contributed by atoms with Gasteiger partial charge in [-0.05, 0) is 56.6 Å². The molecule has 2 bridgehead atoms. The summed E-state index contributed by atoms with van der Waals surface area (Å²) in [4.78, 5) is 14.0. The Morgan fingerprint density at radius 2 is 1.83 bits per heavy atom. The molecule has 5 rings (SSSR count). The molecule has 12 atom stereocenters. The predicted molar refractivity (Wildman–Crippen MR) is 151 cm³/mol. The van der Waals surface area contributed by atoms with Crippen LogP contribution in [0.15, 0.2) is 35.5 Å². The Labute approximate surface area is 243 Å². The molecule has 4 heterocycles. The van der Waals surface area contributed by atoms with Gasteiger partial charge in [0.15, 0.2) is 5.79 Å². The summed E-state index contributed by atoms with van der Waals surface area (Å²) in [5.74, 6) is -2.19. The molecular formula is C32H48O9. The van der Waals surface area contributed by atoms with E-state index in [9.17, 15) is 20.1 Å². The van der Waals surface area contributed by atoms with Crippen LogP contribution in [0.5, 0.6) is 0 Å². The number of carbonyl (C=O) groups is 1. The van der Waals surface area contributed by atoms with E-state index in [2.05, 4.69) is 6.92 Å². The molecule has 3 saturated heterocycles. The SMILES string of the molecule is CO[C@@H]1C(C)=C[C@H]2C(=O)O[C@H]3C[C@@H](CC(O)C(C)(O)C[C@@H](C)/C=C/C=C4\CO[C@H]1[C@@]42O)O[C@@]1(CC[C@H](C)[C@@H](C)O1)C3. The van der Waals surface area contributed by atoms with Gasteiger partial charge >= 0.3 is 5.97 Å². The summed E-state index contributed by atoms with van der Waals surface area (Å²) in [6, 6.07) is 0. The summed E-state index contributed by atoms with van der Waals surface area (Å²) in [5.41, 5.74) is -1.64. The van der Waals surface area contributed by atoms with Crippen molar-refractivity contribution in [3.05, 3.63) is 35.5 Å². The van der Waals surface area contributed by atoms with Crippen LogP contribution in [-0.2, 0) is 28.5 Å². The first-order valence-electron chi connectivity index (χ1n) is 15.2. The van der Waals surface area contributed by atoms with Crippen LogP contribution in [0.1, 0.15) is 73.1 Å². The Bertz CT molecular complexity index is 1080. The highest BCUT2D eigenvalue weighted by molar-refractivity contribution is 5.78. The van der Waals surface area contributed by atoms with Gasteiger partial charge in [-0.15, -0.1) is 0 Å². The zero-order valence-corrected chi connectivity index (χ0v) is 25.2. The second kappa shape index (κ2) is 11.5. The second-order valence-electron chi connectivity index (χ2n) is 13.5. The predicted octanol–water partition coefficient (Wildman–Crippen LogP) is 3.35. The third kappa shape index (κ3) is 5.84. The van der Waals surface area contributed by atoms with Gasteiger partial charge in [-0.25, -0.2) is 0 Å². The average molecular weight is 577 g/mol. The standard InChI is InChI=1S/C32H48O9/c1-18-8-7-9-22-17-38-28-27(37-6)20(3)12-25(32(22,28)36)29(34)39-24-13-23(14-26(33)30(5,35)15-18)41-31(16-24)11-10-19(2)21(4)40-31/h7-9,12,18-19,21,23-28,33,35-36H,10-11,13-17H2,1-6H3/b8-7+,22-9+/t18-,19-,21+,23-,24-,25-,26?,27+,28+,30?,31-,32+/m0/s1. The zero-order chi connectivity index (χ0) is 29.7. The Morgan fingerprint density at radius 3 is 2.54 bits per heavy atom. The number of esters is 1. The lowest BCUT2D eigenvalue weighted by Crippen LogP contribution is -2.58. The lowest BCUT2D eigenvalue weighted by atomic mass is 9.70. The average Bonchev–Trinajstić information content (AvgIpc) is 3.21. The number of fused-ring (bicyclic) bond motifs is 2. The van der Waals surface area contributed by atoms with E-state index in [4.69, 9.17) is 23.7 Å². The zero-order valence-electron chi connectivity index (χ0n) is 25.2. The number of aliphatic hydroxyl groups excluding tert-OH is 1. The summed E-state index contributed by atoms with van der Waals surface area (Å²) in [5, 5.41) is 34.7. The van der Waals surface area contributed by atoms with E-state index in [-0.39, 0.29) is 25.0 Å². The summed E-state index contributed by atoms with van der Waals surface area (Å²) in [6.45, 7) is 9.80. The Morgan fingerprint density at radius 1 is 1.07 bits per heavy atom. The van der Waals surface area contributed by atoms with E-state index >= 15 is 0 Å². The van der Waals surface area contributed by atoms with Crippen molar-refractivity contribution in [2.45, 2.75) is 127 Å². The van der Waals surface area contributed by atoms with Crippen LogP contribution < -0.4 is 0 Å². The first kappa shape index (κ1) is 30.9. The maximum atomic E-state index is 14.0. The summed E-state index contributed by atoms with van der Waals surface area (Å²) >= 11 is 0. The van der Waals surface area contributed by atoms with Gasteiger partial charge in [-0.3, -0.25) is 4.79 Å². The number of hydrogen-bond donors (Lipinski definition) is 3. The van der Waals surface area contributed by atoms with Crippen molar-refractivity contribution in [1.29, 1.82) is 0 Å². The Kier molecular flexibility index (Phi) is 8.64. The first-order valence-corrected chi connectivity index (χ1v) is 15.2. The van der Waals surface area contributed by atoms with Gasteiger partial charge in [-0.1, -0.05) is 38.2 Å². The van der Waals surface area contributed by atoms with Crippen molar-refractivity contribution in [3.8, 4) is 0 Å². The molecule has 4 aliphatic heterocycles. The highest BCUT2D eigenvalue weighted by Crippen LogP contribution is 2.48. The molecule has 230 valence electrons. The van der Waals surface area contributed by atoms with E-state index in [1.165, 1.54) is 0 Å². The maximum Gasteiger partial charge on any atom is 0.316 e. The summed E-state index contributed by atoms with van der Waals surface area (Å²) in [6.07, 6.45) is 6.60. The Hall–Kier alpha value is -1.59. The minimum Gasteiger partial charge on any atom is -0.462 e. The minimum atomic E-state index is -1.64. The second-order valence-corrected chi connectivity index (χ2v) is 13.5. The van der Waals surface area contributed by atoms with Crippen molar-refractivity contribution in [2.75, 3.05) is 13.7 Å². The molecule has 5 aliphatic rings. The van der Waals surface area contributed by atoms with Crippen LogP contribution in [0.25, 0.3) is 0 Å². The first-order chi connectivity index (χ1) is 19.3. The van der Waals surface area contributed by atoms with Crippen LogP contribution in [0, 0.1) is 17.8 Å². The van der Waals surface area contributed by atoms with Gasteiger partial charge in [0, 0.05) is 32.8 Å². The summed E-state index contributed by atoms with van der Waals surface area (Å²) < 4.78 is 31.0. The number of aliphatic hydroxyl groups is 3. The van der Waals surface area contributed by atoms with Crippen molar-refractivity contribution in [2.24, 2.45) is 17.8 Å². The smallest absolute Gasteiger partial charge is 0.316 e. The highest BCUT2D eigenvalue weighted by atomic mass is 16.7. The maximum absolute atomic E-state index is 14.0. The quantitative estimate of drug-likeness (QED) is 0.318. The van der Waals surface area contributed by atoms with Crippen molar-refractivity contribution < 1.29 is 43.8 Å². The van der Waals surface area contributed by atoms with Crippen LogP contribution in [0.4, 0.5) is 0 Å². The fraction of sp³-hybridized carbons (Fsp3) is 0.781. The van der Waals surface area contributed by atoms with Crippen molar-refractivity contribution >= 4 is 5.97 Å². The fourth-order valence-electron chi connectivity index (χ4n) is 7.51. The largest absolute Gasteiger partial charge is 0.462 e. The van der Waals surface area contributed by atoms with Gasteiger partial charge in [0.05, 0.1) is 30.5 Å². The number of methoxy groups -OCH3 is 1.